The Labute approximate surface area is 119 Å². The van der Waals surface area contributed by atoms with Crippen molar-refractivity contribution in [1.29, 1.82) is 0 Å². The van der Waals surface area contributed by atoms with E-state index >= 15 is 0 Å². The molecule has 0 bridgehead atoms. The lowest BCUT2D eigenvalue weighted by molar-refractivity contribution is -0.145. The molecular weight excluding hydrogens is 254 g/mol. The second kappa shape index (κ2) is 6.07. The summed E-state index contributed by atoms with van der Waals surface area (Å²) in [7, 11) is 0. The molecule has 1 aromatic rings. The van der Waals surface area contributed by atoms with Gasteiger partial charge in [-0.05, 0) is 31.4 Å². The van der Waals surface area contributed by atoms with Crippen molar-refractivity contribution in [3.8, 4) is 0 Å². The highest BCUT2D eigenvalue weighted by Gasteiger charge is 2.40. The molecule has 2 N–H and O–H groups in total. The number of nitrogens with one attached hydrogen (secondary N) is 1. The van der Waals surface area contributed by atoms with E-state index in [1.54, 1.807) is 12.1 Å². The Morgan fingerprint density at radius 2 is 1.70 bits per heavy atom. The molecule has 0 aliphatic heterocycles. The van der Waals surface area contributed by atoms with Crippen LogP contribution in [0.1, 0.15) is 54.4 Å². The van der Waals surface area contributed by atoms with Crippen LogP contribution in [0.2, 0.25) is 0 Å². The van der Waals surface area contributed by atoms with Gasteiger partial charge in [-0.25, -0.2) is 4.79 Å². The fourth-order valence-electron chi connectivity index (χ4n) is 2.84. The van der Waals surface area contributed by atoms with Crippen molar-refractivity contribution in [3.05, 3.63) is 35.4 Å². The Balaban J connectivity index is 2.22. The molecule has 2 rings (SSSR count). The Morgan fingerprint density at radius 1 is 1.10 bits per heavy atom. The van der Waals surface area contributed by atoms with Crippen LogP contribution in [-0.4, -0.2) is 22.5 Å². The van der Waals surface area contributed by atoms with Gasteiger partial charge < -0.3 is 10.4 Å². The van der Waals surface area contributed by atoms with Gasteiger partial charge in [0.15, 0.2) is 0 Å². The Morgan fingerprint density at radius 3 is 2.25 bits per heavy atom. The van der Waals surface area contributed by atoms with E-state index < -0.39 is 11.5 Å². The van der Waals surface area contributed by atoms with Crippen LogP contribution in [0.15, 0.2) is 24.3 Å². The van der Waals surface area contributed by atoms with Crippen molar-refractivity contribution in [3.63, 3.8) is 0 Å². The van der Waals surface area contributed by atoms with E-state index in [1.807, 2.05) is 19.1 Å². The SMILES string of the molecule is Cc1ccccc1C(=O)NC1(C(=O)O)CCCCCC1. The molecule has 0 radical (unpaired) electrons. The largest absolute Gasteiger partial charge is 0.480 e. The van der Waals surface area contributed by atoms with Gasteiger partial charge in [-0.1, -0.05) is 43.9 Å². The summed E-state index contributed by atoms with van der Waals surface area (Å²) in [5.74, 6) is -1.20. The number of rotatable bonds is 3. The van der Waals surface area contributed by atoms with E-state index in [0.29, 0.717) is 18.4 Å². The lowest BCUT2D eigenvalue weighted by Crippen LogP contribution is -2.54. The minimum absolute atomic E-state index is 0.285. The number of carboxylic acid groups (broad SMARTS) is 1. The van der Waals surface area contributed by atoms with Crippen molar-refractivity contribution in [2.75, 3.05) is 0 Å². The predicted octanol–water partition coefficient (Wildman–Crippen LogP) is 2.90. The summed E-state index contributed by atoms with van der Waals surface area (Å²) in [5, 5.41) is 12.4. The Bertz CT molecular complexity index is 502. The maximum atomic E-state index is 12.4. The monoisotopic (exact) mass is 275 g/mol. The molecule has 0 aromatic heterocycles. The van der Waals surface area contributed by atoms with E-state index in [9.17, 15) is 14.7 Å². The van der Waals surface area contributed by atoms with E-state index in [2.05, 4.69) is 5.32 Å². The number of carbonyl (C=O) groups is 2. The summed E-state index contributed by atoms with van der Waals surface area (Å²) in [6, 6.07) is 7.25. The molecule has 108 valence electrons. The molecule has 0 atom stereocenters. The molecule has 1 aliphatic carbocycles. The van der Waals surface area contributed by atoms with Gasteiger partial charge in [0.1, 0.15) is 5.54 Å². The first-order valence-corrected chi connectivity index (χ1v) is 7.17. The van der Waals surface area contributed by atoms with E-state index in [-0.39, 0.29) is 5.91 Å². The number of hydrogen-bond acceptors (Lipinski definition) is 2. The van der Waals surface area contributed by atoms with Crippen molar-refractivity contribution in [2.24, 2.45) is 0 Å². The predicted molar refractivity (Wildman–Crippen MR) is 76.7 cm³/mol. The highest BCUT2D eigenvalue weighted by Crippen LogP contribution is 2.28. The van der Waals surface area contributed by atoms with Crippen LogP contribution in [0.25, 0.3) is 0 Å². The number of amides is 1. The normalized spacial score (nSPS) is 18.1. The van der Waals surface area contributed by atoms with Crippen molar-refractivity contribution < 1.29 is 14.7 Å². The van der Waals surface area contributed by atoms with Gasteiger partial charge in [-0.2, -0.15) is 0 Å². The van der Waals surface area contributed by atoms with Gasteiger partial charge in [0, 0.05) is 5.56 Å². The van der Waals surface area contributed by atoms with Crippen molar-refractivity contribution in [2.45, 2.75) is 51.0 Å². The topological polar surface area (TPSA) is 66.4 Å². The van der Waals surface area contributed by atoms with Crippen molar-refractivity contribution in [1.82, 2.24) is 5.32 Å². The lowest BCUT2D eigenvalue weighted by atomic mass is 9.89. The molecule has 0 saturated heterocycles. The summed E-state index contributed by atoms with van der Waals surface area (Å²) in [6.07, 6.45) is 4.80. The smallest absolute Gasteiger partial charge is 0.329 e. The van der Waals surface area contributed by atoms with Gasteiger partial charge in [0.25, 0.3) is 5.91 Å². The first-order valence-electron chi connectivity index (χ1n) is 7.17. The molecule has 4 nitrogen and oxygen atoms in total. The third-order valence-corrected chi connectivity index (χ3v) is 4.11. The average Bonchev–Trinajstić information content (AvgIpc) is 2.65. The van der Waals surface area contributed by atoms with Crippen LogP contribution >= 0.6 is 0 Å². The zero-order chi connectivity index (χ0) is 14.6. The molecular formula is C16H21NO3. The van der Waals surface area contributed by atoms with Gasteiger partial charge in [-0.3, -0.25) is 4.79 Å². The molecule has 0 heterocycles. The Kier molecular flexibility index (Phi) is 4.42. The summed E-state index contributed by atoms with van der Waals surface area (Å²) < 4.78 is 0. The van der Waals surface area contributed by atoms with E-state index in [4.69, 9.17) is 0 Å². The summed E-state index contributed by atoms with van der Waals surface area (Å²) >= 11 is 0. The highest BCUT2D eigenvalue weighted by molar-refractivity contribution is 5.98. The maximum absolute atomic E-state index is 12.4. The fourth-order valence-corrected chi connectivity index (χ4v) is 2.84. The number of aryl methyl sites for hydroxylation is 1. The van der Waals surface area contributed by atoms with E-state index in [0.717, 1.165) is 31.2 Å². The van der Waals surface area contributed by atoms with Crippen LogP contribution in [0.3, 0.4) is 0 Å². The van der Waals surface area contributed by atoms with Crippen LogP contribution < -0.4 is 5.32 Å². The molecule has 4 heteroatoms. The van der Waals surface area contributed by atoms with E-state index in [1.165, 1.54) is 0 Å². The quantitative estimate of drug-likeness (QED) is 0.833. The maximum Gasteiger partial charge on any atom is 0.329 e. The number of benzene rings is 1. The first kappa shape index (κ1) is 14.6. The second-order valence-electron chi connectivity index (χ2n) is 5.57. The zero-order valence-electron chi connectivity index (χ0n) is 11.8. The summed E-state index contributed by atoms with van der Waals surface area (Å²) in [6.45, 7) is 1.86. The lowest BCUT2D eigenvalue weighted by Gasteiger charge is -2.29. The molecule has 0 spiro atoms. The van der Waals surface area contributed by atoms with Gasteiger partial charge in [0.05, 0.1) is 0 Å². The average molecular weight is 275 g/mol. The zero-order valence-corrected chi connectivity index (χ0v) is 11.8. The molecule has 20 heavy (non-hydrogen) atoms. The van der Waals surface area contributed by atoms with Gasteiger partial charge in [0.2, 0.25) is 0 Å². The van der Waals surface area contributed by atoms with Crippen molar-refractivity contribution >= 4 is 11.9 Å². The molecule has 1 aliphatic rings. The summed E-state index contributed by atoms with van der Waals surface area (Å²) in [4.78, 5) is 24.0. The Hall–Kier alpha value is -1.84. The second-order valence-corrected chi connectivity index (χ2v) is 5.57. The molecule has 1 amide bonds. The van der Waals surface area contributed by atoms with Gasteiger partial charge in [-0.15, -0.1) is 0 Å². The van der Waals surface area contributed by atoms with Crippen LogP contribution in [0.4, 0.5) is 0 Å². The minimum Gasteiger partial charge on any atom is -0.480 e. The number of carbonyl (C=O) groups excluding carboxylic acids is 1. The standard InChI is InChI=1S/C16H21NO3/c1-12-8-4-5-9-13(12)14(18)17-16(15(19)20)10-6-2-3-7-11-16/h4-5,8-9H,2-3,6-7,10-11H2,1H3,(H,17,18)(H,19,20). The highest BCUT2D eigenvalue weighted by atomic mass is 16.4. The van der Waals surface area contributed by atoms with Gasteiger partial charge >= 0.3 is 5.97 Å². The first-order chi connectivity index (χ1) is 9.55. The third kappa shape index (κ3) is 3.00. The molecule has 1 fully saturated rings. The summed E-state index contributed by atoms with van der Waals surface area (Å²) in [5.41, 5.74) is 0.312. The minimum atomic E-state index is -1.10. The molecule has 0 unspecified atom stereocenters. The fraction of sp³-hybridized carbons (Fsp3) is 0.500. The third-order valence-electron chi connectivity index (χ3n) is 4.11. The molecule has 1 aromatic carbocycles. The number of carboxylic acids is 1. The molecule has 1 saturated carbocycles. The van der Waals surface area contributed by atoms with Crippen LogP contribution in [-0.2, 0) is 4.79 Å². The number of hydrogen-bond donors (Lipinski definition) is 2. The van der Waals surface area contributed by atoms with Crippen LogP contribution in [0, 0.1) is 6.92 Å². The number of aliphatic carboxylic acids is 1. The van der Waals surface area contributed by atoms with Crippen LogP contribution in [0.5, 0.6) is 0 Å².